The summed E-state index contributed by atoms with van der Waals surface area (Å²) in [6.45, 7) is 8.40. The van der Waals surface area contributed by atoms with Crippen LogP contribution in [0.1, 0.15) is 33.6 Å². The first kappa shape index (κ1) is 19.1. The van der Waals surface area contributed by atoms with Gasteiger partial charge in [0.1, 0.15) is 11.4 Å². The number of thioether (sulfide) groups is 1. The Hall–Kier alpha value is -1.27. The lowest BCUT2D eigenvalue weighted by molar-refractivity contribution is 0.0480. The van der Waals surface area contributed by atoms with E-state index in [4.69, 9.17) is 4.74 Å². The number of halogens is 1. The van der Waals surface area contributed by atoms with Gasteiger partial charge in [-0.2, -0.15) is 0 Å². The van der Waals surface area contributed by atoms with Gasteiger partial charge in [0.15, 0.2) is 0 Å². The maximum Gasteiger partial charge on any atom is 0.407 e. The quantitative estimate of drug-likeness (QED) is 0.814. The van der Waals surface area contributed by atoms with Crippen LogP contribution in [0.2, 0.25) is 0 Å². The number of hydrogen-bond acceptors (Lipinski definition) is 4. The highest BCUT2D eigenvalue weighted by Gasteiger charge is 2.23. The van der Waals surface area contributed by atoms with Crippen LogP contribution in [0.5, 0.6) is 0 Å². The predicted molar refractivity (Wildman–Crippen MR) is 96.0 cm³/mol. The van der Waals surface area contributed by atoms with E-state index in [1.807, 2.05) is 32.9 Å². The molecule has 0 aliphatic carbocycles. The number of alkyl carbamates (subject to hydrolysis) is 1. The van der Waals surface area contributed by atoms with E-state index < -0.39 is 5.60 Å². The van der Waals surface area contributed by atoms with Gasteiger partial charge in [0.25, 0.3) is 0 Å². The van der Waals surface area contributed by atoms with E-state index in [1.165, 1.54) is 6.07 Å². The molecule has 1 aliphatic rings. The molecule has 24 heavy (non-hydrogen) atoms. The Labute approximate surface area is 148 Å². The van der Waals surface area contributed by atoms with Crippen molar-refractivity contribution in [3.8, 4) is 0 Å². The lowest BCUT2D eigenvalue weighted by Crippen LogP contribution is -2.46. The molecule has 1 aliphatic heterocycles. The third-order valence-electron chi connectivity index (χ3n) is 3.81. The van der Waals surface area contributed by atoms with Crippen LogP contribution >= 0.6 is 11.8 Å². The number of carbonyl (C=O) groups excluding carboxylic acids is 1. The van der Waals surface area contributed by atoms with Gasteiger partial charge in [-0.1, -0.05) is 12.1 Å². The lowest BCUT2D eigenvalue weighted by atomic mass is 10.1. The number of rotatable bonds is 5. The van der Waals surface area contributed by atoms with Crippen LogP contribution in [0.25, 0.3) is 0 Å². The summed E-state index contributed by atoms with van der Waals surface area (Å²) < 4.78 is 18.8. The molecule has 1 fully saturated rings. The van der Waals surface area contributed by atoms with Crippen LogP contribution in [0.4, 0.5) is 9.18 Å². The summed E-state index contributed by atoms with van der Waals surface area (Å²) in [4.78, 5) is 14.9. The first-order valence-corrected chi connectivity index (χ1v) is 9.41. The molecule has 6 heteroatoms. The Bertz CT molecular complexity index is 540. The summed E-state index contributed by atoms with van der Waals surface area (Å²) in [7, 11) is 0. The molecule has 0 atom stereocenters. The van der Waals surface area contributed by atoms with Crippen molar-refractivity contribution in [2.24, 2.45) is 0 Å². The maximum atomic E-state index is 13.6. The fourth-order valence-corrected chi connectivity index (χ4v) is 3.57. The second kappa shape index (κ2) is 8.72. The summed E-state index contributed by atoms with van der Waals surface area (Å²) in [6, 6.07) is 7.06. The third-order valence-corrected chi connectivity index (χ3v) is 4.84. The van der Waals surface area contributed by atoms with E-state index in [1.54, 1.807) is 17.8 Å². The van der Waals surface area contributed by atoms with Crippen LogP contribution < -0.4 is 5.32 Å². The van der Waals surface area contributed by atoms with Gasteiger partial charge in [0, 0.05) is 36.3 Å². The molecule has 1 aromatic rings. The number of benzene rings is 1. The van der Waals surface area contributed by atoms with Crippen LogP contribution in [0.15, 0.2) is 29.2 Å². The molecule has 4 nitrogen and oxygen atoms in total. The van der Waals surface area contributed by atoms with Gasteiger partial charge < -0.3 is 15.0 Å². The second-order valence-electron chi connectivity index (χ2n) is 7.04. The molecule has 1 saturated heterocycles. The number of nitrogens with one attached hydrogen (secondary N) is 1. The molecule has 0 spiro atoms. The molecule has 0 aromatic heterocycles. The molecule has 0 radical (unpaired) electrons. The standard InChI is InChI=1S/C18H27FN2O2S/c1-18(2,3)23-17(22)20-14-8-10-21(11-9-14)12-13-24-16-7-5-4-6-15(16)19/h4-7,14H,8-13H2,1-3H3,(H,20,22). The molecule has 1 aromatic carbocycles. The normalized spacial score (nSPS) is 16.8. The van der Waals surface area contributed by atoms with Crippen molar-refractivity contribution in [2.45, 2.75) is 50.2 Å². The first-order valence-electron chi connectivity index (χ1n) is 8.43. The highest BCUT2D eigenvalue weighted by molar-refractivity contribution is 7.99. The number of nitrogens with zero attached hydrogens (tertiary/aromatic N) is 1. The van der Waals surface area contributed by atoms with Gasteiger partial charge in [-0.3, -0.25) is 0 Å². The van der Waals surface area contributed by atoms with Gasteiger partial charge in [-0.15, -0.1) is 11.8 Å². The molecule has 1 heterocycles. The minimum absolute atomic E-state index is 0.150. The molecule has 134 valence electrons. The summed E-state index contributed by atoms with van der Waals surface area (Å²) in [5, 5.41) is 2.94. The van der Waals surface area contributed by atoms with E-state index >= 15 is 0 Å². The van der Waals surface area contributed by atoms with E-state index in [-0.39, 0.29) is 18.0 Å². The smallest absolute Gasteiger partial charge is 0.407 e. The van der Waals surface area contributed by atoms with Crippen molar-refractivity contribution in [3.63, 3.8) is 0 Å². The fraction of sp³-hybridized carbons (Fsp3) is 0.611. The summed E-state index contributed by atoms with van der Waals surface area (Å²) in [5.41, 5.74) is -0.464. The summed E-state index contributed by atoms with van der Waals surface area (Å²) in [5.74, 6) is 0.716. The van der Waals surface area contributed by atoms with E-state index in [9.17, 15) is 9.18 Å². The molecular weight excluding hydrogens is 327 g/mol. The molecule has 1 amide bonds. The molecule has 0 saturated carbocycles. The fourth-order valence-electron chi connectivity index (χ4n) is 2.62. The van der Waals surface area contributed by atoms with E-state index in [2.05, 4.69) is 10.2 Å². The average Bonchev–Trinajstić information content (AvgIpc) is 2.49. The third kappa shape index (κ3) is 6.69. The SMILES string of the molecule is CC(C)(C)OC(=O)NC1CCN(CCSc2ccccc2F)CC1. The zero-order valence-corrected chi connectivity index (χ0v) is 15.5. The largest absolute Gasteiger partial charge is 0.444 e. The van der Waals surface area contributed by atoms with Gasteiger partial charge in [-0.05, 0) is 45.7 Å². The Kier molecular flexibility index (Phi) is 6.92. The second-order valence-corrected chi connectivity index (χ2v) is 8.18. The van der Waals surface area contributed by atoms with Crippen molar-refractivity contribution in [3.05, 3.63) is 30.1 Å². The van der Waals surface area contributed by atoms with Crippen molar-refractivity contribution < 1.29 is 13.9 Å². The highest BCUT2D eigenvalue weighted by atomic mass is 32.2. The minimum atomic E-state index is -0.464. The predicted octanol–water partition coefficient (Wildman–Crippen LogP) is 3.91. The number of hydrogen-bond donors (Lipinski definition) is 1. The zero-order valence-electron chi connectivity index (χ0n) is 14.7. The van der Waals surface area contributed by atoms with Gasteiger partial charge in [0.2, 0.25) is 0 Å². The van der Waals surface area contributed by atoms with E-state index in [0.717, 1.165) is 38.2 Å². The van der Waals surface area contributed by atoms with Crippen LogP contribution in [0.3, 0.4) is 0 Å². The van der Waals surface area contributed by atoms with Crippen LogP contribution in [0, 0.1) is 5.82 Å². The molecule has 0 unspecified atom stereocenters. The Balaban J connectivity index is 1.64. The number of carbonyl (C=O) groups is 1. The minimum Gasteiger partial charge on any atom is -0.444 e. The molecule has 0 bridgehead atoms. The topological polar surface area (TPSA) is 41.6 Å². The Morgan fingerprint density at radius 1 is 1.33 bits per heavy atom. The van der Waals surface area contributed by atoms with E-state index in [0.29, 0.717) is 4.90 Å². The Morgan fingerprint density at radius 2 is 2.00 bits per heavy atom. The monoisotopic (exact) mass is 354 g/mol. The van der Waals surface area contributed by atoms with Crippen molar-refractivity contribution >= 4 is 17.9 Å². The number of piperidine rings is 1. The average molecular weight is 354 g/mol. The highest BCUT2D eigenvalue weighted by Crippen LogP contribution is 2.21. The Morgan fingerprint density at radius 3 is 2.62 bits per heavy atom. The van der Waals surface area contributed by atoms with Crippen molar-refractivity contribution in [1.29, 1.82) is 0 Å². The van der Waals surface area contributed by atoms with Crippen LogP contribution in [-0.4, -0.2) is 48.0 Å². The van der Waals surface area contributed by atoms with Gasteiger partial charge in [0.05, 0.1) is 0 Å². The summed E-state index contributed by atoms with van der Waals surface area (Å²) >= 11 is 1.55. The van der Waals surface area contributed by atoms with Crippen LogP contribution in [-0.2, 0) is 4.74 Å². The molecule has 2 rings (SSSR count). The van der Waals surface area contributed by atoms with Gasteiger partial charge >= 0.3 is 6.09 Å². The number of ether oxygens (including phenoxy) is 1. The van der Waals surface area contributed by atoms with Crippen molar-refractivity contribution in [2.75, 3.05) is 25.4 Å². The van der Waals surface area contributed by atoms with Crippen molar-refractivity contribution in [1.82, 2.24) is 10.2 Å². The zero-order chi connectivity index (χ0) is 17.6. The maximum absolute atomic E-state index is 13.6. The first-order chi connectivity index (χ1) is 11.3. The van der Waals surface area contributed by atoms with Gasteiger partial charge in [-0.25, -0.2) is 9.18 Å². The molecular formula is C18H27FN2O2S. The molecule has 1 N–H and O–H groups in total. The lowest BCUT2D eigenvalue weighted by Gasteiger charge is -2.32. The number of likely N-dealkylation sites (tertiary alicyclic amines) is 1. The number of amides is 1. The summed E-state index contributed by atoms with van der Waals surface area (Å²) in [6.07, 6.45) is 1.50.